The number of benzene rings is 1. The number of hydrogen-bond donors (Lipinski definition) is 0. The van der Waals surface area contributed by atoms with Gasteiger partial charge in [0.25, 0.3) is 0 Å². The Morgan fingerprint density at radius 1 is 0.283 bits per heavy atom. The molecule has 0 radical (unpaired) electrons. The Morgan fingerprint density at radius 3 is 0.739 bits per heavy atom. The molecule has 1 aromatic rings. The van der Waals surface area contributed by atoms with Crippen molar-refractivity contribution in [2.75, 3.05) is 0 Å². The quantitative estimate of drug-likeness (QED) is 0.0470. The average Bonchev–Trinajstić information content (AvgIpc) is 3.08. The fourth-order valence-corrected chi connectivity index (χ4v) is 21.2. The van der Waals surface area contributed by atoms with E-state index in [2.05, 4.69) is 51.1 Å². The Hall–Kier alpha value is 0.0382. The Labute approximate surface area is 296 Å². The van der Waals surface area contributed by atoms with E-state index >= 15 is 0 Å². The molecule has 0 aliphatic rings. The zero-order valence-corrected chi connectivity index (χ0v) is 34.8. The van der Waals surface area contributed by atoms with Gasteiger partial charge in [0.15, 0.2) is 0 Å². The van der Waals surface area contributed by atoms with E-state index in [0.29, 0.717) is 0 Å². The Balaban J connectivity index is 2.53. The monoisotopic (exact) mass is 748 g/mol. The van der Waals surface area contributed by atoms with Gasteiger partial charge < -0.3 is 0 Å². The molecule has 0 bridgehead atoms. The van der Waals surface area contributed by atoms with Crippen LogP contribution in [-0.4, -0.2) is 18.8 Å². The van der Waals surface area contributed by atoms with Gasteiger partial charge in [-0.15, -0.1) is 0 Å². The SMILES string of the molecule is CCCCCCCCCCCC[CH2][Sb+]([CH2]CCCCCCCCCCCC)([CH2]CCCCCCCCCCCC)[c]1ccccc1. The van der Waals surface area contributed by atoms with Gasteiger partial charge in [0.2, 0.25) is 0 Å². The topological polar surface area (TPSA) is 0 Å². The minimum absolute atomic E-state index is 1.37. The van der Waals surface area contributed by atoms with Crippen molar-refractivity contribution in [2.45, 2.75) is 246 Å². The second-order valence-corrected chi connectivity index (χ2v) is 27.1. The molecule has 0 saturated heterocycles. The third-order valence-electron chi connectivity index (χ3n) is 10.9. The normalized spacial score (nSPS) is 11.9. The first kappa shape index (κ1) is 44.1. The van der Waals surface area contributed by atoms with Crippen LogP contribution in [0.1, 0.15) is 233 Å². The summed E-state index contributed by atoms with van der Waals surface area (Å²) in [7, 11) is 0. The van der Waals surface area contributed by atoms with Crippen LogP contribution >= 0.6 is 0 Å². The van der Waals surface area contributed by atoms with Crippen molar-refractivity contribution in [1.82, 2.24) is 0 Å². The van der Waals surface area contributed by atoms with E-state index in [-0.39, 0.29) is 0 Å². The van der Waals surface area contributed by atoms with Gasteiger partial charge in [0.05, 0.1) is 0 Å². The van der Waals surface area contributed by atoms with Crippen molar-refractivity contribution < 1.29 is 0 Å². The van der Waals surface area contributed by atoms with Gasteiger partial charge in [0.1, 0.15) is 0 Å². The molecular formula is C45H86Sb+. The van der Waals surface area contributed by atoms with Crippen LogP contribution in [0.15, 0.2) is 30.3 Å². The molecule has 0 nitrogen and oxygen atoms in total. The van der Waals surface area contributed by atoms with Gasteiger partial charge in [0, 0.05) is 0 Å². The fourth-order valence-electron chi connectivity index (χ4n) is 7.70. The second kappa shape index (κ2) is 34.9. The number of unbranched alkanes of at least 4 members (excludes halogenated alkanes) is 30. The molecule has 0 aromatic heterocycles. The van der Waals surface area contributed by atoms with Crippen LogP contribution in [0.2, 0.25) is 13.1 Å². The third-order valence-corrected chi connectivity index (χ3v) is 24.9. The van der Waals surface area contributed by atoms with Gasteiger partial charge >= 0.3 is 278 Å². The molecule has 1 aromatic carbocycles. The Bertz CT molecular complexity index is 632. The molecule has 0 heterocycles. The van der Waals surface area contributed by atoms with E-state index in [4.69, 9.17) is 0 Å². The summed E-state index contributed by atoms with van der Waals surface area (Å²) < 4.78 is 6.73. The number of hydrogen-bond acceptors (Lipinski definition) is 0. The molecule has 1 rings (SSSR count). The fraction of sp³-hybridized carbons (Fsp3) is 0.867. The first-order valence-corrected chi connectivity index (χ1v) is 28.4. The van der Waals surface area contributed by atoms with Crippen molar-refractivity contribution in [2.24, 2.45) is 0 Å². The zero-order chi connectivity index (χ0) is 33.1. The van der Waals surface area contributed by atoms with Crippen LogP contribution in [0.4, 0.5) is 0 Å². The molecule has 0 aliphatic carbocycles. The molecule has 0 fully saturated rings. The van der Waals surface area contributed by atoms with E-state index in [1.807, 2.05) is 3.51 Å². The first-order valence-electron chi connectivity index (χ1n) is 21.7. The molecule has 270 valence electrons. The summed E-state index contributed by atoms with van der Waals surface area (Å²) in [5.41, 5.74) is 0. The molecular weight excluding hydrogens is 662 g/mol. The van der Waals surface area contributed by atoms with Gasteiger partial charge in [-0.25, -0.2) is 0 Å². The predicted octanol–water partition coefficient (Wildman–Crippen LogP) is 16.3. The third kappa shape index (κ3) is 26.0. The molecule has 0 spiro atoms. The summed E-state index contributed by atoms with van der Waals surface area (Å²) in [4.78, 5) is 0. The maximum absolute atomic E-state index is 2.58. The molecule has 46 heavy (non-hydrogen) atoms. The summed E-state index contributed by atoms with van der Waals surface area (Å²) in [5.74, 6) is 0. The average molecular weight is 749 g/mol. The Kier molecular flexibility index (Phi) is 33.4. The predicted molar refractivity (Wildman–Crippen MR) is 216 cm³/mol. The van der Waals surface area contributed by atoms with E-state index in [1.165, 1.54) is 212 Å². The van der Waals surface area contributed by atoms with Crippen LogP contribution in [-0.2, 0) is 0 Å². The second-order valence-electron chi connectivity index (χ2n) is 15.3. The number of rotatable bonds is 37. The van der Waals surface area contributed by atoms with Gasteiger partial charge in [-0.2, -0.15) is 0 Å². The van der Waals surface area contributed by atoms with Crippen LogP contribution < -0.4 is 3.51 Å². The molecule has 0 saturated carbocycles. The summed E-state index contributed by atoms with van der Waals surface area (Å²) in [6.45, 7) is 6.98. The summed E-state index contributed by atoms with van der Waals surface area (Å²) in [6, 6.07) is 12.2. The Morgan fingerprint density at radius 2 is 0.500 bits per heavy atom. The molecule has 0 unspecified atom stereocenters. The summed E-state index contributed by atoms with van der Waals surface area (Å²) in [5, 5.41) is 0. The zero-order valence-electron chi connectivity index (χ0n) is 32.3. The van der Waals surface area contributed by atoms with Crippen molar-refractivity contribution in [1.29, 1.82) is 0 Å². The minimum atomic E-state index is -2.28. The summed E-state index contributed by atoms with van der Waals surface area (Å²) in [6.07, 6.45) is 48.5. The summed E-state index contributed by atoms with van der Waals surface area (Å²) >= 11 is -2.28. The molecule has 0 aliphatic heterocycles. The van der Waals surface area contributed by atoms with E-state index in [9.17, 15) is 0 Å². The standard InChI is InChI=1S/3C13H27.C6H5.Sb/c3*1-3-5-7-9-11-13-12-10-8-6-4-2;1-2-4-6-5-3-1;/h3*1,3-13H2,2H3;1-5H;/q;;;;+1. The van der Waals surface area contributed by atoms with Crippen LogP contribution in [0, 0.1) is 0 Å². The van der Waals surface area contributed by atoms with E-state index in [0.717, 1.165) is 0 Å². The molecule has 0 amide bonds. The van der Waals surface area contributed by atoms with Gasteiger partial charge in [-0.3, -0.25) is 0 Å². The first-order chi connectivity index (χ1) is 22.8. The van der Waals surface area contributed by atoms with E-state index < -0.39 is 18.8 Å². The molecule has 1 heteroatoms. The van der Waals surface area contributed by atoms with Crippen LogP contribution in [0.25, 0.3) is 0 Å². The molecule has 0 atom stereocenters. The van der Waals surface area contributed by atoms with Crippen LogP contribution in [0.3, 0.4) is 0 Å². The van der Waals surface area contributed by atoms with Crippen molar-refractivity contribution in [3.05, 3.63) is 30.3 Å². The van der Waals surface area contributed by atoms with Gasteiger partial charge in [-0.05, 0) is 0 Å². The van der Waals surface area contributed by atoms with E-state index in [1.54, 1.807) is 13.1 Å². The van der Waals surface area contributed by atoms with Crippen molar-refractivity contribution >= 4 is 22.3 Å². The van der Waals surface area contributed by atoms with Crippen LogP contribution in [0.5, 0.6) is 0 Å². The van der Waals surface area contributed by atoms with Gasteiger partial charge in [-0.1, -0.05) is 20.8 Å². The van der Waals surface area contributed by atoms with Crippen molar-refractivity contribution in [3.8, 4) is 0 Å². The molecule has 0 N–H and O–H groups in total. The maximum atomic E-state index is 2.58. The van der Waals surface area contributed by atoms with Crippen molar-refractivity contribution in [3.63, 3.8) is 0 Å².